The second-order valence-corrected chi connectivity index (χ2v) is 2.66. The van der Waals surface area contributed by atoms with Crippen LogP contribution in [0.4, 0.5) is 0 Å². The molecule has 0 aliphatic rings. The van der Waals surface area contributed by atoms with E-state index >= 15 is 0 Å². The minimum atomic E-state index is 0.0573. The van der Waals surface area contributed by atoms with Gasteiger partial charge in [-0.05, 0) is 16.8 Å². The Bertz CT molecular complexity index is 103. The molecule has 7 heavy (non-hydrogen) atoms. The van der Waals surface area contributed by atoms with Crippen molar-refractivity contribution in [2.45, 2.75) is 12.1 Å². The molecule has 0 aliphatic carbocycles. The summed E-state index contributed by atoms with van der Waals surface area (Å²) in [7, 11) is 4.03. The van der Waals surface area contributed by atoms with Crippen molar-refractivity contribution in [3.8, 4) is 11.3 Å². The first-order valence-corrected chi connectivity index (χ1v) is 2.57. The molecule has 0 aromatic heterocycles. The van der Waals surface area contributed by atoms with E-state index in [1.807, 2.05) is 22.6 Å². The van der Waals surface area contributed by atoms with Gasteiger partial charge >= 0.3 is 0 Å². The average Bonchev–Trinajstić information content (AvgIpc) is 1.30. The molecular formula is C4H7B2Cl. The molecule has 0 saturated carbocycles. The van der Waals surface area contributed by atoms with Crippen LogP contribution in [0.1, 0.15) is 6.92 Å². The summed E-state index contributed by atoms with van der Waals surface area (Å²) in [5, 5.41) is 2.39. The molecule has 0 nitrogen and oxygen atoms in total. The normalized spacial score (nSPS) is 9.43. The minimum absolute atomic E-state index is 0.0573. The molecule has 0 heterocycles. The maximum absolute atomic E-state index is 5.13. The lowest BCUT2D eigenvalue weighted by Crippen LogP contribution is -2.02. The van der Waals surface area contributed by atoms with Gasteiger partial charge < -0.3 is 0 Å². The summed E-state index contributed by atoms with van der Waals surface area (Å²) < 4.78 is 0. The molecule has 0 unspecified atom stereocenters. The van der Waals surface area contributed by atoms with Gasteiger partial charge in [0, 0.05) is 5.38 Å². The maximum Gasteiger partial charge on any atom is 0.114 e. The molecule has 0 radical (unpaired) electrons. The monoisotopic (exact) mass is 112 g/mol. The fraction of sp³-hybridized carbons (Fsp3) is 0.500. The van der Waals surface area contributed by atoms with Gasteiger partial charge in [0.25, 0.3) is 0 Å². The lowest BCUT2D eigenvalue weighted by atomic mass is 9.57. The number of hydrogen-bond donors (Lipinski definition) is 0. The molecule has 0 amide bonds. The first-order valence-electron chi connectivity index (χ1n) is 2.19. The van der Waals surface area contributed by atoms with Crippen molar-refractivity contribution >= 4 is 27.3 Å². The van der Waals surface area contributed by atoms with E-state index in [0.717, 1.165) is 0 Å². The van der Waals surface area contributed by atoms with Crippen molar-refractivity contribution in [3.63, 3.8) is 0 Å². The topological polar surface area (TPSA) is 0 Å². The summed E-state index contributed by atoms with van der Waals surface area (Å²) in [4.78, 5) is 0. The lowest BCUT2D eigenvalue weighted by molar-refractivity contribution is 1.14. The lowest BCUT2D eigenvalue weighted by Gasteiger charge is -2.04. The largest absolute Gasteiger partial charge is 0.114 e. The van der Waals surface area contributed by atoms with Crippen molar-refractivity contribution in [1.29, 1.82) is 0 Å². The van der Waals surface area contributed by atoms with E-state index in [0.29, 0.717) is 0 Å². The Morgan fingerprint density at radius 2 is 2.00 bits per heavy atom. The van der Waals surface area contributed by atoms with Gasteiger partial charge in [0.05, 0.1) is 0 Å². The van der Waals surface area contributed by atoms with E-state index in [4.69, 9.17) is 11.6 Å². The highest BCUT2D eigenvalue weighted by Gasteiger charge is 2.03. The first kappa shape index (κ1) is 6.98. The molecule has 0 aliphatic heterocycles. The van der Waals surface area contributed by atoms with Gasteiger partial charge in [-0.1, -0.05) is 12.8 Å². The Kier molecular flexibility index (Phi) is 2.32. The second kappa shape index (κ2) is 2.33. The van der Waals surface area contributed by atoms with E-state index in [2.05, 4.69) is 11.3 Å². The Labute approximate surface area is 51.4 Å². The Morgan fingerprint density at radius 3 is 2.00 bits per heavy atom. The molecule has 0 fully saturated rings. The number of hydrogen-bond acceptors (Lipinski definition) is 0. The summed E-state index contributed by atoms with van der Waals surface area (Å²) in [6.45, 7) is 2.02. The predicted octanol–water partition coefficient (Wildman–Crippen LogP) is -0.412. The van der Waals surface area contributed by atoms with Crippen LogP contribution in [0.3, 0.4) is 0 Å². The van der Waals surface area contributed by atoms with Crippen molar-refractivity contribution in [3.05, 3.63) is 0 Å². The molecule has 3 heteroatoms. The number of rotatable bonds is 0. The van der Waals surface area contributed by atoms with Crippen LogP contribution in [0.5, 0.6) is 0 Å². The standard InChI is InChI=1S/C4H7B2Cl/c1-4(5,6)2-3-7/h5-6H2,1H3. The fourth-order valence-corrected chi connectivity index (χ4v) is 0.425. The van der Waals surface area contributed by atoms with Crippen LogP contribution < -0.4 is 0 Å². The van der Waals surface area contributed by atoms with Crippen LogP contribution in [0.25, 0.3) is 0 Å². The van der Waals surface area contributed by atoms with Gasteiger partial charge in [-0.2, -0.15) is 0 Å². The van der Waals surface area contributed by atoms with E-state index in [1.165, 1.54) is 0 Å². The highest BCUT2D eigenvalue weighted by Crippen LogP contribution is 2.09. The van der Waals surface area contributed by atoms with Crippen LogP contribution in [-0.2, 0) is 0 Å². The van der Waals surface area contributed by atoms with Crippen LogP contribution in [0, 0.1) is 11.3 Å². The van der Waals surface area contributed by atoms with Crippen molar-refractivity contribution in [2.24, 2.45) is 0 Å². The Hall–Kier alpha value is -0.0201. The summed E-state index contributed by atoms with van der Waals surface area (Å²) in [6.07, 6.45) is 0. The van der Waals surface area contributed by atoms with Crippen LogP contribution in [-0.4, -0.2) is 15.7 Å². The smallest absolute Gasteiger partial charge is 0.0969 e. The molecule has 0 bridgehead atoms. The Balaban J connectivity index is 3.72. The van der Waals surface area contributed by atoms with E-state index in [9.17, 15) is 0 Å². The molecule has 0 saturated heterocycles. The minimum Gasteiger partial charge on any atom is -0.0969 e. The summed E-state index contributed by atoms with van der Waals surface area (Å²) in [6, 6.07) is 0. The molecule has 36 valence electrons. The van der Waals surface area contributed by atoms with Gasteiger partial charge in [0.1, 0.15) is 15.7 Å². The quantitative estimate of drug-likeness (QED) is 0.295. The fourth-order valence-electron chi connectivity index (χ4n) is 0.142. The van der Waals surface area contributed by atoms with E-state index < -0.39 is 0 Å². The van der Waals surface area contributed by atoms with Crippen molar-refractivity contribution < 1.29 is 0 Å². The van der Waals surface area contributed by atoms with Crippen LogP contribution in [0.2, 0.25) is 5.21 Å². The maximum atomic E-state index is 5.13. The molecule has 0 spiro atoms. The van der Waals surface area contributed by atoms with Gasteiger partial charge in [-0.15, -0.1) is 0 Å². The van der Waals surface area contributed by atoms with Crippen LogP contribution in [0.15, 0.2) is 0 Å². The average molecular weight is 112 g/mol. The van der Waals surface area contributed by atoms with Gasteiger partial charge in [0.15, 0.2) is 0 Å². The molecule has 0 aromatic rings. The molecule has 0 aromatic carbocycles. The van der Waals surface area contributed by atoms with E-state index in [1.54, 1.807) is 0 Å². The van der Waals surface area contributed by atoms with Gasteiger partial charge in [-0.3, -0.25) is 0 Å². The highest BCUT2D eigenvalue weighted by molar-refractivity contribution is 6.42. The van der Waals surface area contributed by atoms with Crippen molar-refractivity contribution in [1.82, 2.24) is 0 Å². The molecule has 0 atom stereocenters. The third-order valence-electron chi connectivity index (χ3n) is 0.422. The van der Waals surface area contributed by atoms with Crippen LogP contribution >= 0.6 is 11.6 Å². The summed E-state index contributed by atoms with van der Waals surface area (Å²) in [5.41, 5.74) is 0. The summed E-state index contributed by atoms with van der Waals surface area (Å²) in [5.74, 6) is 2.80. The first-order chi connectivity index (χ1) is 3.06. The van der Waals surface area contributed by atoms with Gasteiger partial charge in [-0.25, -0.2) is 0 Å². The summed E-state index contributed by atoms with van der Waals surface area (Å²) >= 11 is 5.13. The second-order valence-electron chi connectivity index (χ2n) is 2.47. The highest BCUT2D eigenvalue weighted by atomic mass is 35.5. The SMILES string of the molecule is BC(B)(C)C#CCl. The molecule has 0 rings (SSSR count). The zero-order valence-electron chi connectivity index (χ0n) is 4.88. The van der Waals surface area contributed by atoms with Gasteiger partial charge in [0.2, 0.25) is 0 Å². The number of halogens is 1. The third kappa shape index (κ3) is 5.98. The zero-order chi connectivity index (χ0) is 5.91. The molecule has 0 N–H and O–H groups in total. The predicted molar refractivity (Wildman–Crippen MR) is 39.1 cm³/mol. The van der Waals surface area contributed by atoms with Crippen molar-refractivity contribution in [2.75, 3.05) is 0 Å². The Morgan fingerprint density at radius 1 is 1.57 bits per heavy atom. The van der Waals surface area contributed by atoms with E-state index in [-0.39, 0.29) is 5.21 Å². The zero-order valence-corrected chi connectivity index (χ0v) is 5.63. The molecular weight excluding hydrogens is 105 g/mol. The third-order valence-corrected chi connectivity index (χ3v) is 0.517.